The topological polar surface area (TPSA) is 202 Å². The van der Waals surface area contributed by atoms with E-state index < -0.39 is 91.1 Å². The number of nitrogens with one attached hydrogen (secondary N) is 1. The average Bonchev–Trinajstić information content (AvgIpc) is 3.98. The van der Waals surface area contributed by atoms with Crippen molar-refractivity contribution in [2.24, 2.45) is 16.7 Å². The van der Waals surface area contributed by atoms with Gasteiger partial charge in [0.1, 0.15) is 12.1 Å². The van der Waals surface area contributed by atoms with Crippen molar-refractivity contribution in [3.63, 3.8) is 0 Å². The number of thiophene rings is 1. The van der Waals surface area contributed by atoms with Crippen molar-refractivity contribution in [1.82, 2.24) is 15.1 Å². The van der Waals surface area contributed by atoms with Gasteiger partial charge in [-0.3, -0.25) is 37.6 Å². The highest BCUT2D eigenvalue weighted by Gasteiger charge is 2.56. The minimum atomic E-state index is -5.62. The molecule has 2 aromatic carbocycles. The van der Waals surface area contributed by atoms with E-state index >= 15 is 8.78 Å². The van der Waals surface area contributed by atoms with Gasteiger partial charge in [0.05, 0.1) is 33.8 Å². The zero-order valence-electron chi connectivity index (χ0n) is 36.0. The molecule has 3 fully saturated rings. The van der Waals surface area contributed by atoms with Crippen LogP contribution in [0.3, 0.4) is 0 Å². The van der Waals surface area contributed by atoms with E-state index in [9.17, 15) is 38.9 Å². The van der Waals surface area contributed by atoms with E-state index in [2.05, 4.69) is 11.4 Å². The molecule has 63 heavy (non-hydrogen) atoms. The van der Waals surface area contributed by atoms with E-state index in [-0.39, 0.29) is 41.1 Å². The molecule has 3 aliphatic rings. The van der Waals surface area contributed by atoms with Gasteiger partial charge < -0.3 is 29.7 Å². The second-order valence-corrected chi connectivity index (χ2v) is 21.4. The Morgan fingerprint density at radius 2 is 1.52 bits per heavy atom. The van der Waals surface area contributed by atoms with Crippen molar-refractivity contribution in [3.05, 3.63) is 70.6 Å². The molecule has 0 radical (unpaired) electrons. The van der Waals surface area contributed by atoms with Gasteiger partial charge in [-0.15, -0.1) is 11.3 Å². The number of halogens is 2. The summed E-state index contributed by atoms with van der Waals surface area (Å²) in [6.45, 7) is 7.28. The third-order valence-electron chi connectivity index (χ3n) is 11.5. The van der Waals surface area contributed by atoms with Crippen LogP contribution in [0.4, 0.5) is 8.78 Å². The number of carbonyl (C=O) groups excluding carboxylic acids is 5. The van der Waals surface area contributed by atoms with Gasteiger partial charge in [-0.1, -0.05) is 36.4 Å². The van der Waals surface area contributed by atoms with Crippen molar-refractivity contribution in [2.45, 2.75) is 109 Å². The molecular formula is C44H53F2N4O11PS. The zero-order chi connectivity index (χ0) is 46.1. The Bertz CT molecular complexity index is 2270. The fourth-order valence-electron chi connectivity index (χ4n) is 7.94. The number of amides is 3. The Hall–Kier alpha value is -4.79. The first kappa shape index (κ1) is 47.7. The fraction of sp³-hybridized carbons (Fsp3) is 0.545. The van der Waals surface area contributed by atoms with Crippen LogP contribution in [0.2, 0.25) is 0 Å². The number of ether oxygens (including phenoxy) is 2. The summed E-state index contributed by atoms with van der Waals surface area (Å²) in [6.07, 6.45) is 0.626. The van der Waals surface area contributed by atoms with E-state index in [0.717, 1.165) is 29.0 Å². The van der Waals surface area contributed by atoms with E-state index in [1.807, 2.05) is 30.3 Å². The highest BCUT2D eigenvalue weighted by atomic mass is 32.1. The first-order chi connectivity index (χ1) is 29.5. The predicted octanol–water partition coefficient (Wildman–Crippen LogP) is 7.04. The number of nitrogens with zero attached hydrogens (tertiary/aromatic N) is 3. The van der Waals surface area contributed by atoms with Gasteiger partial charge in [0, 0.05) is 41.7 Å². The molecule has 2 N–H and O–H groups in total. The Labute approximate surface area is 368 Å². The summed E-state index contributed by atoms with van der Waals surface area (Å²) in [5, 5.41) is 23.7. The third kappa shape index (κ3) is 10.4. The molecule has 3 amide bonds. The number of likely N-dealkylation sites (tertiary alicyclic amines) is 1. The molecular weight excluding hydrogens is 862 g/mol. The van der Waals surface area contributed by atoms with Crippen LogP contribution in [-0.4, -0.2) is 95.5 Å². The third-order valence-corrected chi connectivity index (χ3v) is 14.4. The lowest BCUT2D eigenvalue weighted by atomic mass is 9.90. The predicted molar refractivity (Wildman–Crippen MR) is 226 cm³/mol. The second-order valence-electron chi connectivity index (χ2n) is 18.2. The Balaban J connectivity index is 1.19. The number of aliphatic hydroxyl groups excluding tert-OH is 1. The van der Waals surface area contributed by atoms with E-state index in [1.54, 1.807) is 4.90 Å². The number of aliphatic hydroxyl groups is 1. The molecule has 6 atom stereocenters. The molecule has 1 aromatic heterocycles. The van der Waals surface area contributed by atoms with Gasteiger partial charge in [-0.25, -0.2) is 0 Å². The van der Waals surface area contributed by atoms with Crippen LogP contribution < -0.4 is 5.32 Å². The van der Waals surface area contributed by atoms with Crippen LogP contribution in [0.1, 0.15) is 100 Å². The number of rotatable bonds is 12. The largest absolute Gasteiger partial charge is 0.438 e. The molecule has 340 valence electrons. The number of hydrogen-bond donors (Lipinski definition) is 2. The summed E-state index contributed by atoms with van der Waals surface area (Å²) in [5.41, 5.74) is -6.39. The van der Waals surface area contributed by atoms with Crippen LogP contribution in [0, 0.1) is 28.1 Å². The maximum absolute atomic E-state index is 16.3. The maximum atomic E-state index is 16.3. The quantitative estimate of drug-likeness (QED) is 0.107. The van der Waals surface area contributed by atoms with Crippen molar-refractivity contribution in [3.8, 4) is 6.07 Å². The number of carbonyl (C=O) groups is 5. The lowest BCUT2D eigenvalue weighted by Crippen LogP contribution is -2.57. The fourth-order valence-corrected chi connectivity index (χ4v) is 10.1. The van der Waals surface area contributed by atoms with Gasteiger partial charge in [0.15, 0.2) is 0 Å². The van der Waals surface area contributed by atoms with Crippen LogP contribution in [0.25, 0.3) is 10.1 Å². The summed E-state index contributed by atoms with van der Waals surface area (Å²) in [5.74, 6) is -3.81. The van der Waals surface area contributed by atoms with Crippen LogP contribution in [0.15, 0.2) is 54.6 Å². The molecule has 4 heterocycles. The smallest absolute Gasteiger partial charge is 0.410 e. The molecule has 3 aromatic rings. The summed E-state index contributed by atoms with van der Waals surface area (Å²) in [4.78, 5) is 70.2. The molecule has 3 saturated heterocycles. The summed E-state index contributed by atoms with van der Waals surface area (Å²) in [7, 11) is -5.62. The van der Waals surface area contributed by atoms with Crippen molar-refractivity contribution in [1.29, 1.82) is 5.26 Å². The Morgan fingerprint density at radius 1 is 0.905 bits per heavy atom. The molecule has 0 spiro atoms. The number of fused-ring (bicyclic) bond motifs is 2. The number of alkyl halides is 2. The first-order valence-electron chi connectivity index (χ1n) is 20.7. The minimum absolute atomic E-state index is 0.0332. The molecule has 0 bridgehead atoms. The Morgan fingerprint density at radius 3 is 2.13 bits per heavy atom. The highest BCUT2D eigenvalue weighted by molar-refractivity contribution is 7.54. The zero-order valence-corrected chi connectivity index (χ0v) is 37.7. The maximum Gasteiger partial charge on any atom is 0.410 e. The average molecular weight is 915 g/mol. The lowest BCUT2D eigenvalue weighted by molar-refractivity contribution is -0.163. The monoisotopic (exact) mass is 914 g/mol. The van der Waals surface area contributed by atoms with E-state index in [0.29, 0.717) is 36.9 Å². The van der Waals surface area contributed by atoms with Gasteiger partial charge in [-0.05, 0) is 96.4 Å². The van der Waals surface area contributed by atoms with Crippen molar-refractivity contribution in [2.75, 3.05) is 26.7 Å². The minimum Gasteiger partial charge on any atom is -0.438 e. The summed E-state index contributed by atoms with van der Waals surface area (Å²) in [6, 6.07) is 14.0. The van der Waals surface area contributed by atoms with Gasteiger partial charge >= 0.3 is 25.2 Å². The lowest BCUT2D eigenvalue weighted by Gasteiger charge is -2.37. The molecule has 15 nitrogen and oxygen atoms in total. The molecule has 0 aliphatic carbocycles. The number of benzene rings is 2. The molecule has 6 rings (SSSR count). The standard InChI is InChI=1S/C44H53F2N4O11PS/c1-42(2,3)40(55)58-24-60-62(57,61-25-59-41(56)43(4,5)6)44(45,46)29-12-17-35-27(18-29)19-36(63-35)37(52)48-33-20-31(51)15-13-30-14-16-34(50(30)38(33)53)39(54)49-22-28(21-47)32(23-49)26-10-8-7-9-11-26/h7-12,17-19,28,30-34,51H,13-16,20,22-25H2,1-6H3,(H,48,52)/t28-,30-,31-,32+,33-,34-/m0/s1. The number of esters is 2. The van der Waals surface area contributed by atoms with Crippen molar-refractivity contribution >= 4 is 58.7 Å². The number of nitriles is 1. The van der Waals surface area contributed by atoms with Gasteiger partial charge in [0.2, 0.25) is 25.4 Å². The van der Waals surface area contributed by atoms with Crippen LogP contribution in [0.5, 0.6) is 0 Å². The second kappa shape index (κ2) is 18.7. The summed E-state index contributed by atoms with van der Waals surface area (Å²) >= 11 is 0.935. The molecule has 19 heteroatoms. The molecule has 0 saturated carbocycles. The van der Waals surface area contributed by atoms with E-state index in [4.69, 9.17) is 18.5 Å². The van der Waals surface area contributed by atoms with Crippen LogP contribution >= 0.6 is 18.9 Å². The summed E-state index contributed by atoms with van der Waals surface area (Å²) < 4.78 is 66.7. The Kier molecular flexibility index (Phi) is 14.2. The normalized spacial score (nSPS) is 23.4. The van der Waals surface area contributed by atoms with Crippen LogP contribution in [-0.2, 0) is 47.9 Å². The molecule has 3 aliphatic heterocycles. The highest BCUT2D eigenvalue weighted by Crippen LogP contribution is 2.67. The van der Waals surface area contributed by atoms with Gasteiger partial charge in [0.25, 0.3) is 5.91 Å². The van der Waals surface area contributed by atoms with E-state index in [1.165, 1.54) is 58.6 Å². The first-order valence-corrected chi connectivity index (χ1v) is 23.1. The number of hydrogen-bond acceptors (Lipinski definition) is 13. The SMILES string of the molecule is CC(C)(C)C(=O)OCOP(=O)(OCOC(=O)C(C)(C)C)C(F)(F)c1ccc2sc(C(=O)N[C@H]3C[C@@H](O)CC[C@H]4CC[C@@H](C(=O)N5C[C@H](c6ccccc6)[C@@H](C#N)C5)N4C3=O)cc2c1. The van der Waals surface area contributed by atoms with Crippen molar-refractivity contribution < 1.29 is 60.9 Å². The van der Waals surface area contributed by atoms with Gasteiger partial charge in [-0.2, -0.15) is 14.0 Å². The molecule has 0 unspecified atom stereocenters.